The maximum absolute atomic E-state index is 12.6. The van der Waals surface area contributed by atoms with Crippen LogP contribution in [0.3, 0.4) is 0 Å². The van der Waals surface area contributed by atoms with Gasteiger partial charge in [-0.2, -0.15) is 4.37 Å². The molecule has 1 N–H and O–H groups in total. The number of likely N-dealkylation sites (tertiary alicyclic amines) is 1. The van der Waals surface area contributed by atoms with Crippen LogP contribution in [0.2, 0.25) is 0 Å². The Morgan fingerprint density at radius 3 is 2.55 bits per heavy atom. The van der Waals surface area contributed by atoms with Gasteiger partial charge in [-0.25, -0.2) is 4.79 Å². The smallest absolute Gasteiger partial charge is 0.329 e. The highest BCUT2D eigenvalue weighted by molar-refractivity contribution is 7.09. The van der Waals surface area contributed by atoms with Gasteiger partial charge in [0.15, 0.2) is 5.52 Å². The summed E-state index contributed by atoms with van der Waals surface area (Å²) in [6.45, 7) is 4.94. The maximum Gasteiger partial charge on any atom is 0.329 e. The van der Waals surface area contributed by atoms with E-state index in [-0.39, 0.29) is 23.0 Å². The number of aromatic amines is 1. The van der Waals surface area contributed by atoms with E-state index in [4.69, 9.17) is 0 Å². The fourth-order valence-electron chi connectivity index (χ4n) is 2.78. The Balaban J connectivity index is 2.11. The van der Waals surface area contributed by atoms with Crippen LogP contribution in [0.1, 0.15) is 48.8 Å². The molecule has 0 saturated carbocycles. The third-order valence-electron chi connectivity index (χ3n) is 3.92. The topological polar surface area (TPSA) is 88.1 Å². The number of fused-ring (bicyclic) bond motifs is 1. The van der Waals surface area contributed by atoms with E-state index in [1.54, 1.807) is 18.7 Å². The number of carbonyl (C=O) groups is 1. The van der Waals surface area contributed by atoms with E-state index in [9.17, 15) is 14.4 Å². The average molecular weight is 322 g/mol. The van der Waals surface area contributed by atoms with Crippen LogP contribution in [-0.2, 0) is 0 Å². The zero-order chi connectivity index (χ0) is 15.9. The number of nitrogens with zero attached hydrogens (tertiary/aromatic N) is 3. The number of amides is 1. The van der Waals surface area contributed by atoms with Crippen LogP contribution in [0.5, 0.6) is 0 Å². The van der Waals surface area contributed by atoms with Crippen molar-refractivity contribution in [1.82, 2.24) is 18.8 Å². The van der Waals surface area contributed by atoms with Gasteiger partial charge in [0.25, 0.3) is 11.5 Å². The van der Waals surface area contributed by atoms with E-state index in [2.05, 4.69) is 9.36 Å². The molecule has 118 valence electrons. The lowest BCUT2D eigenvalue weighted by Gasteiger charge is -2.26. The summed E-state index contributed by atoms with van der Waals surface area (Å²) in [6, 6.07) is -0.261. The molecule has 2 aromatic heterocycles. The number of rotatable bonds is 2. The van der Waals surface area contributed by atoms with Gasteiger partial charge in [-0.15, -0.1) is 0 Å². The first-order valence-corrected chi connectivity index (χ1v) is 8.21. The maximum atomic E-state index is 12.6. The van der Waals surface area contributed by atoms with E-state index < -0.39 is 11.2 Å². The molecule has 3 heterocycles. The summed E-state index contributed by atoms with van der Waals surface area (Å²) >= 11 is 0.983. The van der Waals surface area contributed by atoms with Crippen LogP contribution < -0.4 is 11.2 Å². The van der Waals surface area contributed by atoms with Gasteiger partial charge in [0, 0.05) is 19.1 Å². The monoisotopic (exact) mass is 322 g/mol. The largest absolute Gasteiger partial charge is 0.338 e. The van der Waals surface area contributed by atoms with Crippen molar-refractivity contribution in [3.05, 3.63) is 25.7 Å². The number of piperidine rings is 1. The molecule has 0 spiro atoms. The number of carbonyl (C=O) groups excluding carboxylic acids is 1. The van der Waals surface area contributed by atoms with Gasteiger partial charge in [0.05, 0.1) is 5.52 Å². The average Bonchev–Trinajstić information content (AvgIpc) is 2.91. The minimum atomic E-state index is -0.500. The number of hydrogen-bond donors (Lipinski definition) is 1. The quantitative estimate of drug-likeness (QED) is 0.904. The van der Waals surface area contributed by atoms with E-state index in [0.29, 0.717) is 18.0 Å². The zero-order valence-electron chi connectivity index (χ0n) is 12.6. The van der Waals surface area contributed by atoms with E-state index >= 15 is 0 Å². The van der Waals surface area contributed by atoms with Crippen LogP contribution in [0.25, 0.3) is 11.0 Å². The molecule has 8 heteroatoms. The van der Waals surface area contributed by atoms with Gasteiger partial charge in [0.2, 0.25) is 0 Å². The lowest BCUT2D eigenvalue weighted by molar-refractivity contribution is 0.0731. The molecule has 1 amide bonds. The van der Waals surface area contributed by atoms with Crippen molar-refractivity contribution in [3.8, 4) is 0 Å². The van der Waals surface area contributed by atoms with Crippen LogP contribution in [0.4, 0.5) is 0 Å². The molecule has 0 radical (unpaired) electrons. The minimum Gasteiger partial charge on any atom is -0.338 e. The highest BCUT2D eigenvalue weighted by Crippen LogP contribution is 2.21. The molecule has 0 atom stereocenters. The Kier molecular flexibility index (Phi) is 3.86. The molecule has 0 aromatic carbocycles. The first-order valence-electron chi connectivity index (χ1n) is 7.44. The second-order valence-electron chi connectivity index (χ2n) is 5.79. The molecule has 1 aliphatic heterocycles. The summed E-state index contributed by atoms with van der Waals surface area (Å²) in [5.41, 5.74) is -0.505. The van der Waals surface area contributed by atoms with Crippen LogP contribution >= 0.6 is 11.5 Å². The number of nitrogens with one attached hydrogen (secondary N) is 1. The SMILES string of the molecule is CC(C)n1c(=O)[nH]c2c(C(=O)N3CCCCC3)snc2c1=O. The van der Waals surface area contributed by atoms with Crippen LogP contribution in [-0.4, -0.2) is 37.8 Å². The zero-order valence-corrected chi connectivity index (χ0v) is 13.4. The van der Waals surface area contributed by atoms with Crippen LogP contribution in [0, 0.1) is 0 Å². The first-order chi connectivity index (χ1) is 10.5. The molecule has 2 aromatic rings. The molecule has 3 rings (SSSR count). The van der Waals surface area contributed by atoms with E-state index in [1.807, 2.05) is 0 Å². The molecule has 0 aliphatic carbocycles. The van der Waals surface area contributed by atoms with Crippen molar-refractivity contribution in [2.75, 3.05) is 13.1 Å². The van der Waals surface area contributed by atoms with Crippen molar-refractivity contribution < 1.29 is 4.79 Å². The van der Waals surface area contributed by atoms with Gasteiger partial charge in [-0.3, -0.25) is 14.2 Å². The molecule has 22 heavy (non-hydrogen) atoms. The van der Waals surface area contributed by atoms with Crippen molar-refractivity contribution in [2.24, 2.45) is 0 Å². The number of hydrogen-bond acceptors (Lipinski definition) is 5. The van der Waals surface area contributed by atoms with Crippen molar-refractivity contribution in [2.45, 2.75) is 39.2 Å². The minimum absolute atomic E-state index is 0.149. The summed E-state index contributed by atoms with van der Waals surface area (Å²) in [5, 5.41) is 0. The molecule has 1 fully saturated rings. The molecule has 1 aliphatic rings. The Bertz CT molecular complexity index is 827. The van der Waals surface area contributed by atoms with Gasteiger partial charge >= 0.3 is 5.69 Å². The Morgan fingerprint density at radius 1 is 1.23 bits per heavy atom. The normalized spacial score (nSPS) is 15.7. The fraction of sp³-hybridized carbons (Fsp3) is 0.571. The summed E-state index contributed by atoms with van der Waals surface area (Å²) in [6.07, 6.45) is 3.10. The van der Waals surface area contributed by atoms with Gasteiger partial charge < -0.3 is 9.88 Å². The summed E-state index contributed by atoms with van der Waals surface area (Å²) < 4.78 is 5.23. The molecule has 7 nitrogen and oxygen atoms in total. The highest BCUT2D eigenvalue weighted by atomic mass is 32.1. The third-order valence-corrected chi connectivity index (χ3v) is 4.75. The van der Waals surface area contributed by atoms with Crippen molar-refractivity contribution in [3.63, 3.8) is 0 Å². The first kappa shape index (κ1) is 15.0. The lowest BCUT2D eigenvalue weighted by atomic mass is 10.1. The van der Waals surface area contributed by atoms with E-state index in [1.165, 1.54) is 0 Å². The van der Waals surface area contributed by atoms with Gasteiger partial charge in [-0.05, 0) is 44.6 Å². The molecule has 0 unspecified atom stereocenters. The Hall–Kier alpha value is -1.96. The molecular formula is C14H18N4O3S. The second-order valence-corrected chi connectivity index (χ2v) is 6.56. The van der Waals surface area contributed by atoms with Crippen molar-refractivity contribution in [1.29, 1.82) is 0 Å². The summed E-state index contributed by atoms with van der Waals surface area (Å²) in [7, 11) is 0. The lowest BCUT2D eigenvalue weighted by Crippen LogP contribution is -2.37. The molecule has 0 bridgehead atoms. The third kappa shape index (κ3) is 2.37. The summed E-state index contributed by atoms with van der Waals surface area (Å²) in [5.74, 6) is -0.149. The van der Waals surface area contributed by atoms with Crippen molar-refractivity contribution >= 4 is 28.5 Å². The number of H-pyrrole nitrogens is 1. The summed E-state index contributed by atoms with van der Waals surface area (Å²) in [4.78, 5) is 41.8. The predicted octanol–water partition coefficient (Wildman–Crippen LogP) is 1.35. The Morgan fingerprint density at radius 2 is 1.91 bits per heavy atom. The highest BCUT2D eigenvalue weighted by Gasteiger charge is 2.25. The Labute approximate surface area is 130 Å². The molecule has 1 saturated heterocycles. The van der Waals surface area contributed by atoms with E-state index in [0.717, 1.165) is 35.4 Å². The number of aromatic nitrogens is 3. The predicted molar refractivity (Wildman–Crippen MR) is 84.6 cm³/mol. The molecular weight excluding hydrogens is 304 g/mol. The van der Waals surface area contributed by atoms with Gasteiger partial charge in [0.1, 0.15) is 4.88 Å². The second kappa shape index (κ2) is 5.68. The standard InChI is InChI=1S/C14H18N4O3S/c1-8(2)18-12(19)10-9(15-14(18)21)11(22-16-10)13(20)17-6-4-3-5-7-17/h8H,3-7H2,1-2H3,(H,15,21). The van der Waals surface area contributed by atoms with Crippen LogP contribution in [0.15, 0.2) is 9.59 Å². The fourth-order valence-corrected chi connectivity index (χ4v) is 3.58. The van der Waals surface area contributed by atoms with Gasteiger partial charge in [-0.1, -0.05) is 0 Å².